The van der Waals surface area contributed by atoms with Crippen molar-refractivity contribution >= 4 is 22.6 Å². The fourth-order valence-electron chi connectivity index (χ4n) is 3.58. The summed E-state index contributed by atoms with van der Waals surface area (Å²) >= 11 is 0. The van der Waals surface area contributed by atoms with E-state index < -0.39 is 5.60 Å². The number of nitrogens with one attached hydrogen (secondary N) is 1. The molecular weight excluding hydrogens is 344 g/mol. The van der Waals surface area contributed by atoms with Crippen LogP contribution in [0.15, 0.2) is 35.1 Å². The van der Waals surface area contributed by atoms with Gasteiger partial charge in [-0.1, -0.05) is 12.1 Å². The van der Waals surface area contributed by atoms with Gasteiger partial charge in [0.15, 0.2) is 5.65 Å². The molecule has 1 amide bonds. The first-order chi connectivity index (χ1) is 12.8. The summed E-state index contributed by atoms with van der Waals surface area (Å²) < 4.78 is 6.94. The highest BCUT2D eigenvalue weighted by Crippen LogP contribution is 2.28. The number of aromatic nitrogens is 3. The van der Waals surface area contributed by atoms with Crippen LogP contribution in [0.3, 0.4) is 0 Å². The molecule has 1 aromatic carbocycles. The molecule has 1 aliphatic rings. The van der Waals surface area contributed by atoms with Gasteiger partial charge in [0, 0.05) is 30.5 Å². The molecule has 1 fully saturated rings. The van der Waals surface area contributed by atoms with E-state index in [9.17, 15) is 9.59 Å². The molecule has 4 rings (SSSR count). The summed E-state index contributed by atoms with van der Waals surface area (Å²) in [6.07, 6.45) is 1.26. The lowest BCUT2D eigenvalue weighted by molar-refractivity contribution is 0.0204. The number of H-pyrrole nitrogens is 1. The minimum absolute atomic E-state index is 0.110. The predicted molar refractivity (Wildman–Crippen MR) is 103 cm³/mol. The van der Waals surface area contributed by atoms with Crippen LogP contribution in [-0.4, -0.2) is 44.3 Å². The third kappa shape index (κ3) is 3.41. The number of benzene rings is 1. The largest absolute Gasteiger partial charge is 0.444 e. The van der Waals surface area contributed by atoms with Gasteiger partial charge in [-0.15, -0.1) is 0 Å². The van der Waals surface area contributed by atoms with E-state index in [1.54, 1.807) is 11.0 Å². The summed E-state index contributed by atoms with van der Waals surface area (Å²) in [6.45, 7) is 6.81. The Morgan fingerprint density at radius 3 is 2.63 bits per heavy atom. The van der Waals surface area contributed by atoms with Crippen molar-refractivity contribution in [2.45, 2.75) is 45.1 Å². The van der Waals surface area contributed by atoms with Gasteiger partial charge in [0.25, 0.3) is 5.56 Å². The Morgan fingerprint density at radius 1 is 1.22 bits per heavy atom. The van der Waals surface area contributed by atoms with Crippen LogP contribution in [0.2, 0.25) is 0 Å². The Bertz CT molecular complexity index is 1050. The molecule has 0 atom stereocenters. The van der Waals surface area contributed by atoms with Crippen molar-refractivity contribution in [3.05, 3.63) is 46.4 Å². The molecule has 0 unspecified atom stereocenters. The number of carbonyl (C=O) groups excluding carboxylic acids is 1. The van der Waals surface area contributed by atoms with Crippen LogP contribution in [-0.2, 0) is 4.74 Å². The van der Waals surface area contributed by atoms with E-state index in [0.717, 1.165) is 29.4 Å². The molecule has 1 N–H and O–H groups in total. The number of hydrogen-bond donors (Lipinski definition) is 1. The fourth-order valence-corrected chi connectivity index (χ4v) is 3.58. The highest BCUT2D eigenvalue weighted by molar-refractivity contribution is 5.91. The molecule has 142 valence electrons. The van der Waals surface area contributed by atoms with Crippen LogP contribution in [0.5, 0.6) is 0 Å². The summed E-state index contributed by atoms with van der Waals surface area (Å²) in [5.41, 5.74) is 1.74. The maximum Gasteiger partial charge on any atom is 0.410 e. The number of fused-ring (bicyclic) bond motifs is 3. The molecule has 7 nitrogen and oxygen atoms in total. The lowest BCUT2D eigenvalue weighted by atomic mass is 9.93. The Kier molecular flexibility index (Phi) is 4.17. The highest BCUT2D eigenvalue weighted by atomic mass is 16.6. The lowest BCUT2D eigenvalue weighted by Gasteiger charge is -2.33. The number of likely N-dealkylation sites (tertiary alicyclic amines) is 1. The Morgan fingerprint density at radius 2 is 1.93 bits per heavy atom. The predicted octanol–water partition coefficient (Wildman–Crippen LogP) is 3.29. The molecule has 0 spiro atoms. The summed E-state index contributed by atoms with van der Waals surface area (Å²) in [5.74, 6) is 0.162. The van der Waals surface area contributed by atoms with Gasteiger partial charge in [-0.25, -0.2) is 14.3 Å². The highest BCUT2D eigenvalue weighted by Gasteiger charge is 2.28. The van der Waals surface area contributed by atoms with Gasteiger partial charge in [0.1, 0.15) is 5.60 Å². The van der Waals surface area contributed by atoms with Crippen molar-refractivity contribution in [3.8, 4) is 0 Å². The SMILES string of the molecule is CC(C)(C)OC(=O)N1CCC(c2cc(=O)n3[nH]c4ccccc4c3n2)CC1. The van der Waals surface area contributed by atoms with Crippen LogP contribution < -0.4 is 5.56 Å². The smallest absolute Gasteiger partial charge is 0.410 e. The van der Waals surface area contributed by atoms with Crippen molar-refractivity contribution in [2.24, 2.45) is 0 Å². The molecule has 27 heavy (non-hydrogen) atoms. The van der Waals surface area contributed by atoms with Crippen LogP contribution in [0, 0.1) is 0 Å². The second-order valence-electron chi connectivity index (χ2n) is 8.08. The van der Waals surface area contributed by atoms with Gasteiger partial charge in [0.05, 0.1) is 11.2 Å². The van der Waals surface area contributed by atoms with Crippen molar-refractivity contribution in [1.29, 1.82) is 0 Å². The molecular formula is C20H24N4O3. The van der Waals surface area contributed by atoms with Crippen molar-refractivity contribution in [3.63, 3.8) is 0 Å². The first kappa shape index (κ1) is 17.6. The third-order valence-electron chi connectivity index (χ3n) is 4.90. The van der Waals surface area contributed by atoms with Gasteiger partial charge in [-0.2, -0.15) is 0 Å². The molecule has 0 saturated carbocycles. The molecule has 1 aliphatic heterocycles. The Labute approximate surface area is 156 Å². The maximum absolute atomic E-state index is 12.5. The normalized spacial score (nSPS) is 16.2. The molecule has 2 aromatic heterocycles. The van der Waals surface area contributed by atoms with Gasteiger partial charge < -0.3 is 9.64 Å². The Hall–Kier alpha value is -2.83. The molecule has 7 heteroatoms. The monoisotopic (exact) mass is 368 g/mol. The summed E-state index contributed by atoms with van der Waals surface area (Å²) in [5, 5.41) is 4.03. The number of rotatable bonds is 1. The summed E-state index contributed by atoms with van der Waals surface area (Å²) in [6, 6.07) is 9.37. The second kappa shape index (κ2) is 6.40. The van der Waals surface area contributed by atoms with E-state index in [1.165, 1.54) is 4.52 Å². The van der Waals surface area contributed by atoms with Crippen LogP contribution in [0.4, 0.5) is 4.79 Å². The van der Waals surface area contributed by atoms with E-state index in [1.807, 2.05) is 45.0 Å². The molecule has 0 aliphatic carbocycles. The molecule has 3 aromatic rings. The minimum Gasteiger partial charge on any atom is -0.444 e. The zero-order chi connectivity index (χ0) is 19.2. The molecule has 3 heterocycles. The van der Waals surface area contributed by atoms with Crippen LogP contribution in [0.25, 0.3) is 16.6 Å². The fraction of sp³-hybridized carbons (Fsp3) is 0.450. The summed E-state index contributed by atoms with van der Waals surface area (Å²) in [7, 11) is 0. The maximum atomic E-state index is 12.5. The number of aromatic amines is 1. The average Bonchev–Trinajstić information content (AvgIpc) is 3.00. The van der Waals surface area contributed by atoms with Gasteiger partial charge >= 0.3 is 6.09 Å². The average molecular weight is 368 g/mol. The van der Waals surface area contributed by atoms with Gasteiger partial charge in [0.2, 0.25) is 0 Å². The Balaban J connectivity index is 1.56. The number of hydrogen-bond acceptors (Lipinski definition) is 4. The summed E-state index contributed by atoms with van der Waals surface area (Å²) in [4.78, 5) is 31.3. The zero-order valence-electron chi connectivity index (χ0n) is 15.9. The lowest BCUT2D eigenvalue weighted by Crippen LogP contribution is -2.41. The first-order valence-corrected chi connectivity index (χ1v) is 9.30. The van der Waals surface area contributed by atoms with E-state index in [4.69, 9.17) is 9.72 Å². The topological polar surface area (TPSA) is 79.7 Å². The van der Waals surface area contributed by atoms with E-state index in [-0.39, 0.29) is 17.6 Å². The first-order valence-electron chi connectivity index (χ1n) is 9.30. The molecule has 0 bridgehead atoms. The molecule has 0 radical (unpaired) electrons. The number of nitrogens with zero attached hydrogens (tertiary/aromatic N) is 3. The molecule has 1 saturated heterocycles. The van der Waals surface area contributed by atoms with E-state index in [2.05, 4.69) is 5.10 Å². The second-order valence-corrected chi connectivity index (χ2v) is 8.08. The van der Waals surface area contributed by atoms with E-state index in [0.29, 0.717) is 18.7 Å². The minimum atomic E-state index is -0.495. The van der Waals surface area contributed by atoms with Crippen LogP contribution >= 0.6 is 0 Å². The van der Waals surface area contributed by atoms with Crippen LogP contribution in [0.1, 0.15) is 45.2 Å². The third-order valence-corrected chi connectivity index (χ3v) is 4.90. The number of ether oxygens (including phenoxy) is 1. The van der Waals surface area contributed by atoms with Crippen molar-refractivity contribution < 1.29 is 9.53 Å². The van der Waals surface area contributed by atoms with E-state index >= 15 is 0 Å². The number of amides is 1. The van der Waals surface area contributed by atoms with Crippen molar-refractivity contribution in [1.82, 2.24) is 19.5 Å². The van der Waals surface area contributed by atoms with Gasteiger partial charge in [-0.05, 0) is 45.7 Å². The van der Waals surface area contributed by atoms with Gasteiger partial charge in [-0.3, -0.25) is 9.89 Å². The number of piperidine rings is 1. The number of carbonyl (C=O) groups is 1. The quantitative estimate of drug-likeness (QED) is 0.715. The number of para-hydroxylation sites is 1. The van der Waals surface area contributed by atoms with Crippen molar-refractivity contribution in [2.75, 3.05) is 13.1 Å². The zero-order valence-corrected chi connectivity index (χ0v) is 15.9. The standard InChI is InChI=1S/C20H24N4O3/c1-20(2,3)27-19(26)23-10-8-13(9-11-23)16-12-17(25)24-18(21-16)14-6-4-5-7-15(14)22-24/h4-7,12-13,22H,8-11H2,1-3H3.